The fourth-order valence-corrected chi connectivity index (χ4v) is 3.04. The topological polar surface area (TPSA) is 105 Å². The molecule has 2 aromatic rings. The molecule has 0 saturated heterocycles. The van der Waals surface area contributed by atoms with Gasteiger partial charge in [-0.15, -0.1) is 5.10 Å². The minimum absolute atomic E-state index is 0.0214. The van der Waals surface area contributed by atoms with Crippen LogP contribution in [0.25, 0.3) is 11.7 Å². The molecule has 3 rings (SSSR count). The van der Waals surface area contributed by atoms with Gasteiger partial charge in [0.1, 0.15) is 12.1 Å². The lowest BCUT2D eigenvalue weighted by Crippen LogP contribution is -2.51. The summed E-state index contributed by atoms with van der Waals surface area (Å²) in [6, 6.07) is 5.54. The van der Waals surface area contributed by atoms with Crippen LogP contribution in [0.15, 0.2) is 32.0 Å². The number of nitrogens with zero attached hydrogens (tertiary/aromatic N) is 4. The molecule has 1 fully saturated rings. The van der Waals surface area contributed by atoms with Crippen LogP contribution in [0.5, 0.6) is 0 Å². The molecule has 24 heavy (non-hydrogen) atoms. The lowest BCUT2D eigenvalue weighted by Gasteiger charge is -2.38. The van der Waals surface area contributed by atoms with E-state index in [1.807, 2.05) is 0 Å². The van der Waals surface area contributed by atoms with Crippen molar-refractivity contribution in [2.24, 2.45) is 0 Å². The fourth-order valence-electron chi connectivity index (χ4n) is 3.04. The molecule has 0 bridgehead atoms. The Balaban J connectivity index is 1.77. The van der Waals surface area contributed by atoms with Crippen molar-refractivity contribution in [1.82, 2.24) is 14.7 Å². The molecule has 8 nitrogen and oxygen atoms in total. The van der Waals surface area contributed by atoms with Gasteiger partial charge in [0, 0.05) is 7.05 Å². The molecule has 0 N–H and O–H groups in total. The molecule has 0 unspecified atom stereocenters. The number of furan rings is 1. The summed E-state index contributed by atoms with van der Waals surface area (Å²) in [7, 11) is 1.61. The number of carbonyl (C=O) groups excluding carboxylic acids is 1. The number of rotatable bonds is 4. The SMILES string of the molecule is CN(C(=O)Cn1nc(-c2ccco2)oc1=O)C1(C#N)CCCCC1. The standard InChI is InChI=1S/C16H18N4O4/c1-19(16(11-17)7-3-2-4-8-16)13(21)10-20-15(22)24-14(18-20)12-6-5-9-23-12/h5-6,9H,2-4,7-8,10H2,1H3. The second kappa shape index (κ2) is 6.35. The Morgan fingerprint density at radius 1 is 1.46 bits per heavy atom. The molecule has 8 heteroatoms. The van der Waals surface area contributed by atoms with Crippen molar-refractivity contribution in [2.75, 3.05) is 7.05 Å². The highest BCUT2D eigenvalue weighted by Crippen LogP contribution is 2.32. The molecular formula is C16H18N4O4. The van der Waals surface area contributed by atoms with Gasteiger partial charge in [-0.3, -0.25) is 4.79 Å². The van der Waals surface area contributed by atoms with Gasteiger partial charge in [-0.25, -0.2) is 4.79 Å². The average molecular weight is 330 g/mol. The van der Waals surface area contributed by atoms with E-state index < -0.39 is 11.3 Å². The van der Waals surface area contributed by atoms with E-state index in [1.54, 1.807) is 19.2 Å². The van der Waals surface area contributed by atoms with Crippen molar-refractivity contribution >= 4 is 5.91 Å². The first-order chi connectivity index (χ1) is 11.6. The predicted molar refractivity (Wildman–Crippen MR) is 82.7 cm³/mol. The number of amides is 1. The number of likely N-dealkylation sites (N-methyl/N-ethyl adjacent to an activating group) is 1. The summed E-state index contributed by atoms with van der Waals surface area (Å²) in [4.78, 5) is 25.9. The van der Waals surface area contributed by atoms with Gasteiger partial charge < -0.3 is 13.7 Å². The van der Waals surface area contributed by atoms with Crippen molar-refractivity contribution in [3.8, 4) is 17.7 Å². The van der Waals surface area contributed by atoms with Crippen LogP contribution in [0.2, 0.25) is 0 Å². The van der Waals surface area contributed by atoms with Crippen LogP contribution in [0.3, 0.4) is 0 Å². The Morgan fingerprint density at radius 2 is 2.21 bits per heavy atom. The van der Waals surface area contributed by atoms with Gasteiger partial charge >= 0.3 is 5.76 Å². The summed E-state index contributed by atoms with van der Waals surface area (Å²) < 4.78 is 11.1. The van der Waals surface area contributed by atoms with E-state index in [-0.39, 0.29) is 18.3 Å². The average Bonchev–Trinajstić information content (AvgIpc) is 3.25. The Morgan fingerprint density at radius 3 is 2.83 bits per heavy atom. The van der Waals surface area contributed by atoms with E-state index in [4.69, 9.17) is 8.83 Å². The summed E-state index contributed by atoms with van der Waals surface area (Å²) in [5, 5.41) is 13.5. The van der Waals surface area contributed by atoms with E-state index in [1.165, 1.54) is 11.2 Å². The summed E-state index contributed by atoms with van der Waals surface area (Å²) >= 11 is 0. The second-order valence-corrected chi connectivity index (χ2v) is 5.96. The van der Waals surface area contributed by atoms with Crippen LogP contribution in [0, 0.1) is 11.3 Å². The van der Waals surface area contributed by atoms with Crippen molar-refractivity contribution in [3.05, 3.63) is 28.9 Å². The first-order valence-electron chi connectivity index (χ1n) is 7.85. The van der Waals surface area contributed by atoms with Crippen molar-refractivity contribution < 1.29 is 13.6 Å². The van der Waals surface area contributed by atoms with Crippen LogP contribution < -0.4 is 5.76 Å². The minimum atomic E-state index is -0.799. The van der Waals surface area contributed by atoms with Gasteiger partial charge in [-0.05, 0) is 25.0 Å². The predicted octanol–water partition coefficient (Wildman–Crippen LogP) is 1.78. The van der Waals surface area contributed by atoms with E-state index in [2.05, 4.69) is 11.2 Å². The van der Waals surface area contributed by atoms with Gasteiger partial charge in [-0.2, -0.15) is 9.94 Å². The van der Waals surface area contributed by atoms with Crippen molar-refractivity contribution in [2.45, 2.75) is 44.2 Å². The first-order valence-corrected chi connectivity index (χ1v) is 7.85. The zero-order valence-corrected chi connectivity index (χ0v) is 13.4. The van der Waals surface area contributed by atoms with Gasteiger partial charge in [0.2, 0.25) is 5.91 Å². The Hall–Kier alpha value is -2.82. The van der Waals surface area contributed by atoms with Crippen LogP contribution in [0.4, 0.5) is 0 Å². The third-order valence-electron chi connectivity index (χ3n) is 4.53. The smallest absolute Gasteiger partial charge is 0.437 e. The van der Waals surface area contributed by atoms with Gasteiger partial charge in [0.15, 0.2) is 5.76 Å². The fraction of sp³-hybridized carbons (Fsp3) is 0.500. The third kappa shape index (κ3) is 2.85. The molecule has 0 radical (unpaired) electrons. The maximum absolute atomic E-state index is 12.5. The van der Waals surface area contributed by atoms with Crippen molar-refractivity contribution in [1.29, 1.82) is 5.26 Å². The molecular weight excluding hydrogens is 312 g/mol. The van der Waals surface area contributed by atoms with E-state index in [9.17, 15) is 14.9 Å². The van der Waals surface area contributed by atoms with Crippen LogP contribution in [-0.4, -0.2) is 33.2 Å². The monoisotopic (exact) mass is 330 g/mol. The molecule has 0 spiro atoms. The highest BCUT2D eigenvalue weighted by Gasteiger charge is 2.39. The maximum Gasteiger partial charge on any atom is 0.437 e. The Labute approximate surface area is 138 Å². The van der Waals surface area contributed by atoms with Crippen LogP contribution in [-0.2, 0) is 11.3 Å². The number of hydrogen-bond acceptors (Lipinski definition) is 6. The number of nitriles is 1. The summed E-state index contributed by atoms with van der Waals surface area (Å²) in [5.74, 6) is -0.752. The van der Waals surface area contributed by atoms with Crippen LogP contribution in [0.1, 0.15) is 32.1 Å². The third-order valence-corrected chi connectivity index (χ3v) is 4.53. The molecule has 2 aromatic heterocycles. The largest absolute Gasteiger partial charge is 0.459 e. The van der Waals surface area contributed by atoms with Crippen LogP contribution >= 0.6 is 0 Å². The lowest BCUT2D eigenvalue weighted by molar-refractivity contribution is -0.135. The quantitative estimate of drug-likeness (QED) is 0.846. The summed E-state index contributed by atoms with van der Waals surface area (Å²) in [5.41, 5.74) is -0.799. The highest BCUT2D eigenvalue weighted by atomic mass is 16.4. The molecule has 1 aliphatic carbocycles. The zero-order valence-electron chi connectivity index (χ0n) is 13.4. The van der Waals surface area contributed by atoms with E-state index >= 15 is 0 Å². The number of hydrogen-bond donors (Lipinski definition) is 0. The molecule has 1 saturated carbocycles. The first kappa shape index (κ1) is 16.1. The van der Waals surface area contributed by atoms with E-state index in [0.29, 0.717) is 18.6 Å². The summed E-state index contributed by atoms with van der Waals surface area (Å²) in [6.45, 7) is -0.275. The second-order valence-electron chi connectivity index (χ2n) is 5.96. The molecule has 1 aliphatic rings. The lowest BCUT2D eigenvalue weighted by atomic mass is 9.81. The molecule has 1 amide bonds. The molecule has 0 atom stereocenters. The Kier molecular flexibility index (Phi) is 4.25. The van der Waals surface area contributed by atoms with Gasteiger partial charge in [-0.1, -0.05) is 19.3 Å². The molecule has 0 aromatic carbocycles. The molecule has 2 heterocycles. The highest BCUT2D eigenvalue weighted by molar-refractivity contribution is 5.77. The van der Waals surface area contributed by atoms with Crippen molar-refractivity contribution in [3.63, 3.8) is 0 Å². The maximum atomic E-state index is 12.5. The zero-order chi connectivity index (χ0) is 17.2. The number of carbonyl (C=O) groups is 1. The van der Waals surface area contributed by atoms with Gasteiger partial charge in [0.25, 0.3) is 5.89 Å². The Bertz CT molecular complexity index is 806. The van der Waals surface area contributed by atoms with Gasteiger partial charge in [0.05, 0.1) is 12.3 Å². The summed E-state index contributed by atoms with van der Waals surface area (Å²) in [6.07, 6.45) is 5.64. The molecule has 0 aliphatic heterocycles. The normalized spacial score (nSPS) is 16.5. The minimum Gasteiger partial charge on any atom is -0.459 e. The molecule has 126 valence electrons. The van der Waals surface area contributed by atoms with E-state index in [0.717, 1.165) is 23.9 Å². The number of aromatic nitrogens is 2.